The highest BCUT2D eigenvalue weighted by Crippen LogP contribution is 2.29. The van der Waals surface area contributed by atoms with Crippen molar-refractivity contribution in [3.8, 4) is 11.4 Å². The Balaban J connectivity index is 1.61. The highest BCUT2D eigenvalue weighted by atomic mass is 32.2. The second kappa shape index (κ2) is 9.53. The van der Waals surface area contributed by atoms with Gasteiger partial charge in [-0.3, -0.25) is 10.1 Å². The molecule has 0 bridgehead atoms. The van der Waals surface area contributed by atoms with Crippen molar-refractivity contribution in [1.82, 2.24) is 14.8 Å². The molecule has 4 aromatic rings. The van der Waals surface area contributed by atoms with Gasteiger partial charge in [-0.05, 0) is 29.7 Å². The van der Waals surface area contributed by atoms with Crippen molar-refractivity contribution in [2.75, 3.05) is 0 Å². The van der Waals surface area contributed by atoms with Gasteiger partial charge in [0.25, 0.3) is 5.69 Å². The topological polar surface area (TPSA) is 73.8 Å². The van der Waals surface area contributed by atoms with Gasteiger partial charge in [-0.1, -0.05) is 66.4 Å². The first-order valence-corrected chi connectivity index (χ1v) is 10.7. The maximum Gasteiger partial charge on any atom is 0.269 e. The fourth-order valence-corrected chi connectivity index (χ4v) is 4.14. The van der Waals surface area contributed by atoms with E-state index in [4.69, 9.17) is 0 Å². The van der Waals surface area contributed by atoms with Crippen LogP contribution in [0.3, 0.4) is 0 Å². The van der Waals surface area contributed by atoms with E-state index in [1.165, 1.54) is 23.9 Å². The Bertz CT molecular complexity index is 1200. The third-order valence-corrected chi connectivity index (χ3v) is 5.83. The molecule has 4 rings (SSSR count). The number of nitrogens with zero attached hydrogens (tertiary/aromatic N) is 4. The van der Waals surface area contributed by atoms with Crippen LogP contribution < -0.4 is 0 Å². The summed E-state index contributed by atoms with van der Waals surface area (Å²) in [6.07, 6.45) is 0.741. The number of thioether (sulfide) groups is 1. The molecule has 3 aromatic carbocycles. The zero-order valence-corrected chi connectivity index (χ0v) is 17.3. The van der Waals surface area contributed by atoms with Crippen LogP contribution in [0.5, 0.6) is 0 Å². The molecular weight excluding hydrogens is 415 g/mol. The van der Waals surface area contributed by atoms with Crippen LogP contribution in [0.25, 0.3) is 11.4 Å². The molecule has 0 saturated heterocycles. The molecule has 31 heavy (non-hydrogen) atoms. The van der Waals surface area contributed by atoms with E-state index in [1.807, 2.05) is 41.0 Å². The number of nitro groups is 1. The van der Waals surface area contributed by atoms with Gasteiger partial charge in [-0.25, -0.2) is 4.39 Å². The van der Waals surface area contributed by atoms with Crippen molar-refractivity contribution in [2.24, 2.45) is 0 Å². The second-order valence-corrected chi connectivity index (χ2v) is 7.83. The number of rotatable bonds is 8. The summed E-state index contributed by atoms with van der Waals surface area (Å²) in [6, 6.07) is 23.0. The lowest BCUT2D eigenvalue weighted by Crippen LogP contribution is -2.06. The summed E-state index contributed by atoms with van der Waals surface area (Å²) in [4.78, 5) is 10.6. The molecule has 8 heteroatoms. The molecule has 0 radical (unpaired) electrons. The first kappa shape index (κ1) is 20.7. The number of aryl methyl sites for hydroxylation is 1. The Morgan fingerprint density at radius 1 is 0.935 bits per heavy atom. The molecule has 1 aromatic heterocycles. The van der Waals surface area contributed by atoms with E-state index in [0.717, 1.165) is 17.5 Å². The Morgan fingerprint density at radius 2 is 1.68 bits per heavy atom. The first-order valence-electron chi connectivity index (χ1n) is 9.70. The molecule has 0 unspecified atom stereocenters. The quantitative estimate of drug-likeness (QED) is 0.207. The molecule has 0 amide bonds. The van der Waals surface area contributed by atoms with Crippen molar-refractivity contribution in [2.45, 2.75) is 23.9 Å². The summed E-state index contributed by atoms with van der Waals surface area (Å²) in [5, 5.41) is 20.2. The average molecular weight is 434 g/mol. The van der Waals surface area contributed by atoms with E-state index in [0.29, 0.717) is 28.8 Å². The molecule has 156 valence electrons. The summed E-state index contributed by atoms with van der Waals surface area (Å²) in [7, 11) is 0. The fourth-order valence-electron chi connectivity index (χ4n) is 3.23. The SMILES string of the molecule is O=[N+]([O-])c1cccc(CSc2nnc(-c3ccccc3F)n2CCc2ccccc2)c1. The third-order valence-electron chi connectivity index (χ3n) is 4.79. The Kier molecular flexibility index (Phi) is 6.37. The van der Waals surface area contributed by atoms with Gasteiger partial charge in [0.15, 0.2) is 11.0 Å². The number of halogens is 1. The van der Waals surface area contributed by atoms with Gasteiger partial charge in [0, 0.05) is 24.4 Å². The molecule has 0 aliphatic carbocycles. The predicted octanol–water partition coefficient (Wildman–Crippen LogP) is 5.53. The van der Waals surface area contributed by atoms with Crippen molar-refractivity contribution in [1.29, 1.82) is 0 Å². The second-order valence-electron chi connectivity index (χ2n) is 6.89. The summed E-state index contributed by atoms with van der Waals surface area (Å²) in [6.45, 7) is 0.581. The number of benzene rings is 3. The lowest BCUT2D eigenvalue weighted by atomic mass is 10.1. The Hall–Kier alpha value is -3.52. The van der Waals surface area contributed by atoms with Crippen LogP contribution >= 0.6 is 11.8 Å². The van der Waals surface area contributed by atoms with Crippen LogP contribution in [0.1, 0.15) is 11.1 Å². The van der Waals surface area contributed by atoms with Crippen molar-refractivity contribution >= 4 is 17.4 Å². The van der Waals surface area contributed by atoms with Crippen molar-refractivity contribution < 1.29 is 9.31 Å². The lowest BCUT2D eigenvalue weighted by molar-refractivity contribution is -0.384. The molecule has 0 aliphatic heterocycles. The largest absolute Gasteiger partial charge is 0.302 e. The smallest absolute Gasteiger partial charge is 0.269 e. The minimum absolute atomic E-state index is 0.0516. The number of aromatic nitrogens is 3. The van der Waals surface area contributed by atoms with E-state index in [-0.39, 0.29) is 11.5 Å². The normalized spacial score (nSPS) is 10.9. The van der Waals surface area contributed by atoms with Crippen molar-refractivity contribution in [3.05, 3.63) is 106 Å². The van der Waals surface area contributed by atoms with Crippen molar-refractivity contribution in [3.63, 3.8) is 0 Å². The predicted molar refractivity (Wildman–Crippen MR) is 118 cm³/mol. The van der Waals surface area contributed by atoms with E-state index >= 15 is 0 Å². The van der Waals surface area contributed by atoms with Crippen LogP contribution in [-0.2, 0) is 18.7 Å². The van der Waals surface area contributed by atoms with Gasteiger partial charge in [-0.15, -0.1) is 10.2 Å². The molecule has 0 aliphatic rings. The Labute approximate surface area is 182 Å². The minimum Gasteiger partial charge on any atom is -0.302 e. The van der Waals surface area contributed by atoms with Gasteiger partial charge >= 0.3 is 0 Å². The summed E-state index contributed by atoms with van der Waals surface area (Å²) in [5.41, 5.74) is 2.41. The monoisotopic (exact) mass is 434 g/mol. The standard InChI is InChI=1S/C23H19FN4O2S/c24-21-12-5-4-11-20(21)22-25-26-23(27(22)14-13-17-7-2-1-3-8-17)31-16-18-9-6-10-19(15-18)28(29)30/h1-12,15H,13-14,16H2. The van der Waals surface area contributed by atoms with Gasteiger partial charge in [-0.2, -0.15) is 0 Å². The highest BCUT2D eigenvalue weighted by Gasteiger charge is 2.17. The number of hydrogen-bond acceptors (Lipinski definition) is 5. The maximum absolute atomic E-state index is 14.4. The lowest BCUT2D eigenvalue weighted by Gasteiger charge is -2.11. The molecule has 6 nitrogen and oxygen atoms in total. The van der Waals surface area contributed by atoms with Crippen LogP contribution in [0.15, 0.2) is 84.0 Å². The maximum atomic E-state index is 14.4. The van der Waals surface area contributed by atoms with Crippen LogP contribution in [0.4, 0.5) is 10.1 Å². The van der Waals surface area contributed by atoms with Crippen LogP contribution in [0.2, 0.25) is 0 Å². The zero-order valence-electron chi connectivity index (χ0n) is 16.5. The van der Waals surface area contributed by atoms with E-state index in [1.54, 1.807) is 30.3 Å². The minimum atomic E-state index is -0.410. The highest BCUT2D eigenvalue weighted by molar-refractivity contribution is 7.98. The van der Waals surface area contributed by atoms with E-state index < -0.39 is 4.92 Å². The van der Waals surface area contributed by atoms with Gasteiger partial charge in [0.1, 0.15) is 5.82 Å². The third kappa shape index (κ3) is 4.97. The first-order chi connectivity index (χ1) is 15.1. The molecule has 0 atom stereocenters. The number of hydrogen-bond donors (Lipinski definition) is 0. The molecule has 0 N–H and O–H groups in total. The summed E-state index contributed by atoms with van der Waals surface area (Å²) < 4.78 is 16.4. The molecular formula is C23H19FN4O2S. The molecule has 0 fully saturated rings. The fraction of sp³-hybridized carbons (Fsp3) is 0.130. The summed E-state index contributed by atoms with van der Waals surface area (Å²) in [5.74, 6) is 0.601. The van der Waals surface area contributed by atoms with Crippen LogP contribution in [-0.4, -0.2) is 19.7 Å². The summed E-state index contributed by atoms with van der Waals surface area (Å²) >= 11 is 1.42. The zero-order chi connectivity index (χ0) is 21.6. The Morgan fingerprint density at radius 3 is 2.45 bits per heavy atom. The molecule has 0 spiro atoms. The molecule has 0 saturated carbocycles. The van der Waals surface area contributed by atoms with Gasteiger partial charge in [0.2, 0.25) is 0 Å². The number of non-ortho nitro benzene ring substituents is 1. The average Bonchev–Trinajstić information content (AvgIpc) is 3.20. The van der Waals surface area contributed by atoms with E-state index in [2.05, 4.69) is 10.2 Å². The van der Waals surface area contributed by atoms with Gasteiger partial charge < -0.3 is 4.57 Å². The van der Waals surface area contributed by atoms with E-state index in [9.17, 15) is 14.5 Å². The van der Waals surface area contributed by atoms with Crippen LogP contribution in [0, 0.1) is 15.9 Å². The molecule has 1 heterocycles. The van der Waals surface area contributed by atoms with Gasteiger partial charge in [0.05, 0.1) is 10.5 Å². The number of nitro benzene ring substituents is 1.